The molecule has 0 atom stereocenters. The van der Waals surface area contributed by atoms with Crippen molar-refractivity contribution < 1.29 is 19.1 Å². The lowest BCUT2D eigenvalue weighted by Crippen LogP contribution is -2.28. The minimum Gasteiger partial charge on any atom is -0.550 e. The van der Waals surface area contributed by atoms with Gasteiger partial charge in [-0.3, -0.25) is 9.69 Å². The summed E-state index contributed by atoms with van der Waals surface area (Å²) >= 11 is 6.64. The van der Waals surface area contributed by atoms with Crippen molar-refractivity contribution in [2.45, 2.75) is 57.8 Å². The molecule has 0 aliphatic carbocycles. The molecule has 142 valence electrons. The molecule has 1 amide bonds. The van der Waals surface area contributed by atoms with Crippen LogP contribution in [0.1, 0.15) is 63.5 Å². The zero-order valence-corrected chi connectivity index (χ0v) is 16.4. The van der Waals surface area contributed by atoms with E-state index in [2.05, 4.69) is 0 Å². The number of carbonyl (C=O) groups excluding carboxylic acids is 2. The molecule has 0 aromatic carbocycles. The molecule has 7 heteroatoms. The van der Waals surface area contributed by atoms with Crippen molar-refractivity contribution >= 4 is 46.3 Å². The summed E-state index contributed by atoms with van der Waals surface area (Å²) in [6.45, 7) is 0.659. The predicted octanol–water partition coefficient (Wildman–Crippen LogP) is 3.74. The molecular formula is C19H24NO4S2-. The second-order valence-electron chi connectivity index (χ2n) is 6.30. The Hall–Kier alpha value is -1.60. The molecule has 1 aliphatic rings. The SMILES string of the molecule is O=C([O-])CCCCCCCCCCN1C(=O)/C(=C/c2ccco2)SC1=S. The Morgan fingerprint density at radius 2 is 1.81 bits per heavy atom. The van der Waals surface area contributed by atoms with Crippen LogP contribution in [0.3, 0.4) is 0 Å². The average molecular weight is 395 g/mol. The Labute approximate surface area is 163 Å². The molecule has 1 saturated heterocycles. The van der Waals surface area contributed by atoms with E-state index in [-0.39, 0.29) is 12.3 Å². The highest BCUT2D eigenvalue weighted by Gasteiger charge is 2.31. The third-order valence-corrected chi connectivity index (χ3v) is 5.58. The summed E-state index contributed by atoms with van der Waals surface area (Å²) in [5.74, 6) is -0.339. The van der Waals surface area contributed by atoms with Gasteiger partial charge in [-0.2, -0.15) is 0 Å². The highest BCUT2D eigenvalue weighted by atomic mass is 32.2. The second-order valence-corrected chi connectivity index (χ2v) is 7.97. The summed E-state index contributed by atoms with van der Waals surface area (Å²) in [6, 6.07) is 3.60. The molecule has 26 heavy (non-hydrogen) atoms. The number of thiocarbonyl (C=S) groups is 1. The van der Waals surface area contributed by atoms with Crippen LogP contribution in [0.5, 0.6) is 0 Å². The first kappa shape index (κ1) is 20.7. The minimum absolute atomic E-state index is 0.0377. The Bertz CT molecular complexity index is 640. The summed E-state index contributed by atoms with van der Waals surface area (Å²) in [6.07, 6.45) is 11.6. The normalized spacial score (nSPS) is 16.0. The summed E-state index contributed by atoms with van der Waals surface area (Å²) in [4.78, 5) is 25.0. The fourth-order valence-corrected chi connectivity index (χ4v) is 4.08. The van der Waals surface area contributed by atoms with Gasteiger partial charge in [-0.05, 0) is 31.4 Å². The number of furan rings is 1. The number of hydrogen-bond acceptors (Lipinski definition) is 6. The number of amides is 1. The lowest BCUT2D eigenvalue weighted by molar-refractivity contribution is -0.305. The van der Waals surface area contributed by atoms with E-state index in [4.69, 9.17) is 16.6 Å². The summed E-state index contributed by atoms with van der Waals surface area (Å²) in [5, 5.41) is 10.3. The zero-order valence-electron chi connectivity index (χ0n) is 14.8. The van der Waals surface area contributed by atoms with Crippen molar-refractivity contribution in [2.24, 2.45) is 0 Å². The maximum Gasteiger partial charge on any atom is 0.266 e. The van der Waals surface area contributed by atoms with Crippen LogP contribution in [0.2, 0.25) is 0 Å². The smallest absolute Gasteiger partial charge is 0.266 e. The van der Waals surface area contributed by atoms with Gasteiger partial charge in [0.25, 0.3) is 5.91 Å². The van der Waals surface area contributed by atoms with E-state index < -0.39 is 5.97 Å². The summed E-state index contributed by atoms with van der Waals surface area (Å²) in [7, 11) is 0. The van der Waals surface area contributed by atoms with Crippen LogP contribution in [-0.2, 0) is 9.59 Å². The van der Waals surface area contributed by atoms with Crippen LogP contribution in [0.4, 0.5) is 0 Å². The van der Waals surface area contributed by atoms with Gasteiger partial charge in [0.15, 0.2) is 0 Å². The average Bonchev–Trinajstić information content (AvgIpc) is 3.19. The molecule has 1 aromatic rings. The van der Waals surface area contributed by atoms with Crippen LogP contribution in [0.15, 0.2) is 27.7 Å². The number of carboxylic acid groups (broad SMARTS) is 1. The van der Waals surface area contributed by atoms with E-state index in [1.165, 1.54) is 11.8 Å². The molecule has 0 N–H and O–H groups in total. The zero-order chi connectivity index (χ0) is 18.8. The molecule has 0 bridgehead atoms. The molecule has 1 fully saturated rings. The number of nitrogens with zero attached hydrogens (tertiary/aromatic N) is 1. The molecule has 2 heterocycles. The quantitative estimate of drug-likeness (QED) is 0.305. The van der Waals surface area contributed by atoms with Crippen molar-refractivity contribution in [3.8, 4) is 0 Å². The van der Waals surface area contributed by atoms with Gasteiger partial charge in [-0.1, -0.05) is 62.5 Å². The Morgan fingerprint density at radius 1 is 1.15 bits per heavy atom. The van der Waals surface area contributed by atoms with E-state index in [9.17, 15) is 14.7 Å². The Balaban J connectivity index is 1.57. The third kappa shape index (κ3) is 6.96. The molecular weight excluding hydrogens is 370 g/mol. The fourth-order valence-electron chi connectivity index (χ4n) is 2.80. The highest BCUT2D eigenvalue weighted by molar-refractivity contribution is 8.26. The molecule has 0 saturated carbocycles. The Kier molecular flexibility index (Phi) is 8.91. The van der Waals surface area contributed by atoms with Crippen molar-refractivity contribution in [3.63, 3.8) is 0 Å². The molecule has 0 spiro atoms. The standard InChI is InChI=1S/C19H25NO4S2/c21-17(22)11-7-5-3-1-2-4-6-8-12-20-18(23)16(26-19(20)25)14-15-10-9-13-24-15/h9-10,13-14H,1-8,11-12H2,(H,21,22)/p-1/b16-14-. The topological polar surface area (TPSA) is 73.6 Å². The highest BCUT2D eigenvalue weighted by Crippen LogP contribution is 2.32. The number of unbranched alkanes of at least 4 members (excludes halogenated alkanes) is 7. The number of aliphatic carboxylic acids is 1. The van der Waals surface area contributed by atoms with Gasteiger partial charge in [0.05, 0.1) is 11.2 Å². The number of hydrogen-bond donors (Lipinski definition) is 0. The van der Waals surface area contributed by atoms with Gasteiger partial charge >= 0.3 is 0 Å². The molecule has 2 rings (SSSR count). The van der Waals surface area contributed by atoms with E-state index >= 15 is 0 Å². The van der Waals surface area contributed by atoms with E-state index in [1.54, 1.807) is 23.3 Å². The van der Waals surface area contributed by atoms with Gasteiger partial charge < -0.3 is 14.3 Å². The molecule has 1 aromatic heterocycles. The van der Waals surface area contributed by atoms with E-state index in [0.29, 0.717) is 28.0 Å². The first-order valence-corrected chi connectivity index (χ1v) is 10.3. The summed E-state index contributed by atoms with van der Waals surface area (Å²) in [5.41, 5.74) is 0. The lowest BCUT2D eigenvalue weighted by atomic mass is 10.1. The first-order chi connectivity index (χ1) is 12.6. The van der Waals surface area contributed by atoms with Crippen LogP contribution in [0.25, 0.3) is 6.08 Å². The Morgan fingerprint density at radius 3 is 2.42 bits per heavy atom. The van der Waals surface area contributed by atoms with Crippen LogP contribution in [-0.4, -0.2) is 27.6 Å². The monoisotopic (exact) mass is 394 g/mol. The van der Waals surface area contributed by atoms with Gasteiger partial charge in [-0.25, -0.2) is 0 Å². The number of carboxylic acids is 1. The van der Waals surface area contributed by atoms with Gasteiger partial charge in [0.2, 0.25) is 0 Å². The lowest BCUT2D eigenvalue weighted by Gasteiger charge is -2.14. The van der Waals surface area contributed by atoms with Crippen molar-refractivity contribution in [2.75, 3.05) is 6.54 Å². The largest absolute Gasteiger partial charge is 0.550 e. The van der Waals surface area contributed by atoms with Gasteiger partial charge in [-0.15, -0.1) is 0 Å². The molecule has 5 nitrogen and oxygen atoms in total. The molecule has 0 unspecified atom stereocenters. The van der Waals surface area contributed by atoms with E-state index in [0.717, 1.165) is 44.9 Å². The maximum absolute atomic E-state index is 12.4. The number of thioether (sulfide) groups is 1. The van der Waals surface area contributed by atoms with Gasteiger partial charge in [0, 0.05) is 18.6 Å². The fraction of sp³-hybridized carbons (Fsp3) is 0.526. The van der Waals surface area contributed by atoms with Gasteiger partial charge in [0.1, 0.15) is 10.1 Å². The van der Waals surface area contributed by atoms with Crippen LogP contribution < -0.4 is 5.11 Å². The maximum atomic E-state index is 12.4. The van der Waals surface area contributed by atoms with Crippen molar-refractivity contribution in [3.05, 3.63) is 29.1 Å². The number of carbonyl (C=O) groups is 2. The van der Waals surface area contributed by atoms with Crippen molar-refractivity contribution in [1.82, 2.24) is 4.90 Å². The molecule has 1 aliphatic heterocycles. The second kappa shape index (κ2) is 11.2. The molecule has 0 radical (unpaired) electrons. The van der Waals surface area contributed by atoms with Crippen molar-refractivity contribution in [1.29, 1.82) is 0 Å². The first-order valence-electron chi connectivity index (χ1n) is 9.06. The van der Waals surface area contributed by atoms with Crippen LogP contribution in [0, 0.1) is 0 Å². The van der Waals surface area contributed by atoms with E-state index in [1.807, 2.05) is 6.07 Å². The summed E-state index contributed by atoms with van der Waals surface area (Å²) < 4.78 is 5.86. The third-order valence-electron chi connectivity index (χ3n) is 4.20. The predicted molar refractivity (Wildman–Crippen MR) is 105 cm³/mol. The van der Waals surface area contributed by atoms with Crippen LogP contribution >= 0.6 is 24.0 Å². The minimum atomic E-state index is -0.959. The number of rotatable bonds is 12.